The normalized spacial score (nSPS) is 13.1. The second kappa shape index (κ2) is 9.43. The van der Waals surface area contributed by atoms with Gasteiger partial charge in [0, 0.05) is 18.1 Å². The van der Waals surface area contributed by atoms with E-state index in [1.165, 1.54) is 31.2 Å². The first-order chi connectivity index (χ1) is 12.6. The minimum absolute atomic E-state index is 0.00354. The van der Waals surface area contributed by atoms with Crippen molar-refractivity contribution >= 4 is 17.6 Å². The SMILES string of the molecule is CC(=O)C#CC#Cc1ccc(C(=O)N[C@H](C(=O)NO)C(C)(O)C(F)F)cc1. The Morgan fingerprint density at radius 2 is 1.74 bits per heavy atom. The highest BCUT2D eigenvalue weighted by molar-refractivity contribution is 5.98. The monoisotopic (exact) mass is 378 g/mol. The number of ketones is 1. The number of aliphatic hydroxyl groups is 1. The van der Waals surface area contributed by atoms with Gasteiger partial charge in [0.2, 0.25) is 5.78 Å². The third-order valence-electron chi connectivity index (χ3n) is 3.33. The first kappa shape index (κ1) is 21.8. The van der Waals surface area contributed by atoms with Gasteiger partial charge in [0.05, 0.1) is 0 Å². The summed E-state index contributed by atoms with van der Waals surface area (Å²) in [5, 5.41) is 20.4. The molecule has 1 aromatic rings. The highest BCUT2D eigenvalue weighted by Crippen LogP contribution is 2.20. The van der Waals surface area contributed by atoms with Crippen LogP contribution in [0.4, 0.5) is 8.78 Å². The molecule has 0 aromatic heterocycles. The Morgan fingerprint density at radius 1 is 1.15 bits per heavy atom. The number of halogens is 2. The molecule has 0 aliphatic heterocycles. The lowest BCUT2D eigenvalue weighted by Gasteiger charge is -2.30. The third-order valence-corrected chi connectivity index (χ3v) is 3.33. The molecule has 4 N–H and O–H groups in total. The zero-order chi connectivity index (χ0) is 20.6. The molecule has 2 amide bonds. The zero-order valence-electron chi connectivity index (χ0n) is 14.3. The van der Waals surface area contributed by atoms with Crippen molar-refractivity contribution in [3.8, 4) is 23.7 Å². The van der Waals surface area contributed by atoms with Crippen LogP contribution in [-0.4, -0.2) is 46.0 Å². The van der Waals surface area contributed by atoms with Gasteiger partial charge in [-0.15, -0.1) is 0 Å². The molecule has 0 radical (unpaired) electrons. The molecule has 7 nitrogen and oxygen atoms in total. The van der Waals surface area contributed by atoms with Gasteiger partial charge in [0.15, 0.2) is 5.60 Å². The van der Waals surface area contributed by atoms with E-state index in [1.807, 2.05) is 5.32 Å². The van der Waals surface area contributed by atoms with Crippen molar-refractivity contribution in [3.05, 3.63) is 35.4 Å². The van der Waals surface area contributed by atoms with Crippen LogP contribution in [0, 0.1) is 23.7 Å². The number of hydrogen-bond acceptors (Lipinski definition) is 5. The van der Waals surface area contributed by atoms with Crippen molar-refractivity contribution in [2.45, 2.75) is 31.9 Å². The largest absolute Gasteiger partial charge is 0.381 e. The van der Waals surface area contributed by atoms with Gasteiger partial charge in [0.1, 0.15) is 6.04 Å². The Balaban J connectivity index is 2.96. The Bertz CT molecular complexity index is 842. The van der Waals surface area contributed by atoms with Gasteiger partial charge in [-0.05, 0) is 49.0 Å². The molecule has 0 bridgehead atoms. The number of alkyl halides is 2. The van der Waals surface area contributed by atoms with Crippen LogP contribution in [0.25, 0.3) is 0 Å². The van der Waals surface area contributed by atoms with Crippen LogP contribution in [-0.2, 0) is 9.59 Å². The number of carbonyl (C=O) groups excluding carboxylic acids is 3. The van der Waals surface area contributed by atoms with E-state index in [1.54, 1.807) is 0 Å². The summed E-state index contributed by atoms with van der Waals surface area (Å²) in [5.74, 6) is 6.97. The Morgan fingerprint density at radius 3 is 2.22 bits per heavy atom. The van der Waals surface area contributed by atoms with Crippen molar-refractivity contribution < 1.29 is 33.5 Å². The third kappa shape index (κ3) is 6.19. The molecule has 1 rings (SSSR count). The maximum atomic E-state index is 13.0. The van der Waals surface area contributed by atoms with Crippen LogP contribution in [0.2, 0.25) is 0 Å². The van der Waals surface area contributed by atoms with E-state index in [2.05, 4.69) is 23.7 Å². The fraction of sp³-hybridized carbons (Fsp3) is 0.278. The van der Waals surface area contributed by atoms with E-state index in [0.717, 1.165) is 5.48 Å². The first-order valence-electron chi connectivity index (χ1n) is 7.47. The number of Topliss-reactive ketones (excluding diaryl/α,β-unsaturated/α-hetero) is 1. The Hall–Kier alpha value is -3.27. The van der Waals surface area contributed by atoms with E-state index in [0.29, 0.717) is 12.5 Å². The van der Waals surface area contributed by atoms with E-state index >= 15 is 0 Å². The van der Waals surface area contributed by atoms with Crippen LogP contribution in [0.3, 0.4) is 0 Å². The second-order valence-electron chi connectivity index (χ2n) is 5.54. The molecule has 0 spiro atoms. The van der Waals surface area contributed by atoms with Gasteiger partial charge >= 0.3 is 0 Å². The molecule has 0 fully saturated rings. The summed E-state index contributed by atoms with van der Waals surface area (Å²) in [7, 11) is 0. The van der Waals surface area contributed by atoms with Crippen molar-refractivity contribution in [1.29, 1.82) is 0 Å². The lowest BCUT2D eigenvalue weighted by molar-refractivity contribution is -0.149. The second-order valence-corrected chi connectivity index (χ2v) is 5.54. The average Bonchev–Trinajstić information content (AvgIpc) is 2.62. The van der Waals surface area contributed by atoms with Gasteiger partial charge in [-0.25, -0.2) is 14.3 Å². The van der Waals surface area contributed by atoms with Crippen molar-refractivity contribution in [1.82, 2.24) is 10.8 Å². The molecule has 0 aliphatic carbocycles. The number of amides is 2. The van der Waals surface area contributed by atoms with Gasteiger partial charge in [0.25, 0.3) is 18.2 Å². The molecule has 9 heteroatoms. The predicted molar refractivity (Wildman–Crippen MR) is 89.6 cm³/mol. The smallest absolute Gasteiger partial charge is 0.269 e. The van der Waals surface area contributed by atoms with Crippen LogP contribution < -0.4 is 10.8 Å². The van der Waals surface area contributed by atoms with Crippen molar-refractivity contribution in [2.24, 2.45) is 0 Å². The molecular formula is C18H16F2N2O5. The zero-order valence-corrected chi connectivity index (χ0v) is 14.3. The van der Waals surface area contributed by atoms with Crippen molar-refractivity contribution in [3.63, 3.8) is 0 Å². The quantitative estimate of drug-likeness (QED) is 0.254. The summed E-state index contributed by atoms with van der Waals surface area (Å²) in [4.78, 5) is 34.4. The molecule has 142 valence electrons. The fourth-order valence-electron chi connectivity index (χ4n) is 1.81. The average molecular weight is 378 g/mol. The molecular weight excluding hydrogens is 362 g/mol. The maximum absolute atomic E-state index is 13.0. The van der Waals surface area contributed by atoms with Crippen LogP contribution >= 0.6 is 0 Å². The number of benzene rings is 1. The van der Waals surface area contributed by atoms with Gasteiger partial charge in [-0.2, -0.15) is 0 Å². The minimum atomic E-state index is -3.37. The summed E-state index contributed by atoms with van der Waals surface area (Å²) >= 11 is 0. The first-order valence-corrected chi connectivity index (χ1v) is 7.47. The molecule has 0 saturated heterocycles. The standard InChI is InChI=1S/C18H16F2N2O5/c1-11(23)5-3-4-6-12-7-9-13(10-8-12)15(24)21-14(16(25)22-27)18(2,26)17(19)20/h7-10,14,17,26-27H,1-2H3,(H,21,24)(H,22,25)/t14-,18?/m1/s1. The molecule has 0 aliphatic rings. The van der Waals surface area contributed by atoms with E-state index in [9.17, 15) is 28.3 Å². The number of hydroxylamine groups is 1. The number of nitrogens with one attached hydrogen (secondary N) is 2. The van der Waals surface area contributed by atoms with E-state index in [-0.39, 0.29) is 11.3 Å². The lowest BCUT2D eigenvalue weighted by atomic mass is 9.95. The highest BCUT2D eigenvalue weighted by Gasteiger charge is 2.46. The summed E-state index contributed by atoms with van der Waals surface area (Å²) in [5.41, 5.74) is -1.32. The van der Waals surface area contributed by atoms with Gasteiger partial charge in [-0.3, -0.25) is 19.6 Å². The Labute approximate surface area is 153 Å². The number of carbonyl (C=O) groups is 3. The number of hydrogen-bond donors (Lipinski definition) is 4. The summed E-state index contributed by atoms with van der Waals surface area (Å²) in [6, 6.07) is 3.38. The van der Waals surface area contributed by atoms with Crippen LogP contribution in [0.15, 0.2) is 24.3 Å². The summed E-state index contributed by atoms with van der Waals surface area (Å²) in [6.45, 7) is 1.94. The molecule has 2 atom stereocenters. The minimum Gasteiger partial charge on any atom is -0.381 e. The maximum Gasteiger partial charge on any atom is 0.269 e. The fourth-order valence-corrected chi connectivity index (χ4v) is 1.81. The van der Waals surface area contributed by atoms with Gasteiger partial charge in [-0.1, -0.05) is 5.92 Å². The van der Waals surface area contributed by atoms with E-state index < -0.39 is 29.9 Å². The number of rotatable bonds is 5. The molecule has 1 aromatic carbocycles. The molecule has 0 heterocycles. The molecule has 0 saturated carbocycles. The highest BCUT2D eigenvalue weighted by atomic mass is 19.3. The molecule has 27 heavy (non-hydrogen) atoms. The van der Waals surface area contributed by atoms with Gasteiger partial charge < -0.3 is 10.4 Å². The molecule has 1 unspecified atom stereocenters. The topological polar surface area (TPSA) is 116 Å². The van der Waals surface area contributed by atoms with Crippen molar-refractivity contribution in [2.75, 3.05) is 0 Å². The van der Waals surface area contributed by atoms with Crippen LogP contribution in [0.1, 0.15) is 29.8 Å². The predicted octanol–water partition coefficient (Wildman–Crippen LogP) is 0.250. The lowest BCUT2D eigenvalue weighted by Crippen LogP contribution is -2.61. The van der Waals surface area contributed by atoms with Crippen LogP contribution in [0.5, 0.6) is 0 Å². The Kier molecular flexibility index (Phi) is 7.61. The summed E-state index contributed by atoms with van der Waals surface area (Å²) < 4.78 is 25.9. The van der Waals surface area contributed by atoms with E-state index in [4.69, 9.17) is 5.21 Å². The summed E-state index contributed by atoms with van der Waals surface area (Å²) in [6.07, 6.45) is -3.37.